The lowest BCUT2D eigenvalue weighted by Gasteiger charge is -2.08. The van der Waals surface area contributed by atoms with Crippen LogP contribution in [0.25, 0.3) is 0 Å². The summed E-state index contributed by atoms with van der Waals surface area (Å²) in [5.41, 5.74) is -0.195. The van der Waals surface area contributed by atoms with Gasteiger partial charge in [-0.2, -0.15) is 0 Å². The van der Waals surface area contributed by atoms with Crippen LogP contribution in [0.3, 0.4) is 0 Å². The molecule has 100 valence electrons. The van der Waals surface area contributed by atoms with E-state index in [1.54, 1.807) is 0 Å². The van der Waals surface area contributed by atoms with Gasteiger partial charge in [0, 0.05) is 11.2 Å². The number of benzene rings is 1. The van der Waals surface area contributed by atoms with Gasteiger partial charge in [0.15, 0.2) is 0 Å². The van der Waals surface area contributed by atoms with E-state index < -0.39 is 15.8 Å². The van der Waals surface area contributed by atoms with Gasteiger partial charge in [0.1, 0.15) is 15.9 Å². The third-order valence-electron chi connectivity index (χ3n) is 2.19. The Morgan fingerprint density at radius 1 is 1.16 bits per heavy atom. The van der Waals surface area contributed by atoms with Crippen molar-refractivity contribution in [3.8, 4) is 0 Å². The molecule has 1 N–H and O–H groups in total. The van der Waals surface area contributed by atoms with Crippen LogP contribution in [0.5, 0.6) is 0 Å². The zero-order valence-corrected chi connectivity index (χ0v) is 11.6. The fourth-order valence-electron chi connectivity index (χ4n) is 1.30. The number of rotatable bonds is 3. The number of nitrogens with zero attached hydrogens (tertiary/aromatic N) is 1. The van der Waals surface area contributed by atoms with Crippen molar-refractivity contribution in [2.75, 3.05) is 4.72 Å². The minimum absolute atomic E-state index is 0.119. The molecule has 1 aromatic heterocycles. The smallest absolute Gasteiger partial charge is 0.263 e. The summed E-state index contributed by atoms with van der Waals surface area (Å²) in [5, 5.41) is 0.338. The largest absolute Gasteiger partial charge is 0.277 e. The van der Waals surface area contributed by atoms with Crippen LogP contribution < -0.4 is 4.72 Å². The van der Waals surface area contributed by atoms with E-state index in [1.807, 2.05) is 0 Å². The minimum atomic E-state index is -3.92. The highest BCUT2D eigenvalue weighted by molar-refractivity contribution is 7.92. The quantitative estimate of drug-likeness (QED) is 0.882. The van der Waals surface area contributed by atoms with Crippen molar-refractivity contribution in [1.82, 2.24) is 4.98 Å². The molecule has 0 unspecified atom stereocenters. The highest BCUT2D eigenvalue weighted by Crippen LogP contribution is 2.22. The molecule has 0 saturated heterocycles. The van der Waals surface area contributed by atoms with Gasteiger partial charge in [-0.3, -0.25) is 4.72 Å². The molecule has 1 heterocycles. The lowest BCUT2D eigenvalue weighted by Crippen LogP contribution is -2.14. The second kappa shape index (κ2) is 5.32. The first kappa shape index (κ1) is 14.0. The fraction of sp³-hybridized carbons (Fsp3) is 0. The third-order valence-corrected chi connectivity index (χ3v) is 4.00. The van der Waals surface area contributed by atoms with Crippen molar-refractivity contribution < 1.29 is 12.8 Å². The van der Waals surface area contributed by atoms with Gasteiger partial charge in [0.25, 0.3) is 10.0 Å². The lowest BCUT2D eigenvalue weighted by molar-refractivity contribution is 0.598. The number of hydrogen-bond acceptors (Lipinski definition) is 3. The highest BCUT2D eigenvalue weighted by atomic mass is 35.5. The predicted molar refractivity (Wildman–Crippen MR) is 71.5 cm³/mol. The minimum Gasteiger partial charge on any atom is -0.277 e. The SMILES string of the molecule is O=S(=O)(Nc1ccc(Cl)cc1F)c1ccc(Cl)nc1. The molecule has 0 saturated carbocycles. The molecule has 19 heavy (non-hydrogen) atoms. The number of nitrogens with one attached hydrogen (secondary N) is 1. The first-order valence-electron chi connectivity index (χ1n) is 4.98. The van der Waals surface area contributed by atoms with Crippen LogP contribution in [0.15, 0.2) is 41.4 Å². The van der Waals surface area contributed by atoms with Crippen LogP contribution in [-0.2, 0) is 10.0 Å². The Hall–Kier alpha value is -1.37. The second-order valence-electron chi connectivity index (χ2n) is 3.55. The topological polar surface area (TPSA) is 59.1 Å². The lowest BCUT2D eigenvalue weighted by atomic mass is 10.3. The summed E-state index contributed by atoms with van der Waals surface area (Å²) in [4.78, 5) is 3.54. The predicted octanol–water partition coefficient (Wildman–Crippen LogP) is 3.33. The van der Waals surface area contributed by atoms with Gasteiger partial charge >= 0.3 is 0 Å². The first-order valence-corrected chi connectivity index (χ1v) is 7.22. The number of hydrogen-bond donors (Lipinski definition) is 1. The first-order chi connectivity index (χ1) is 8.88. The maximum atomic E-state index is 13.5. The Balaban J connectivity index is 2.33. The standard InChI is InChI=1S/C11H7Cl2FN2O2S/c12-7-1-3-10(9(14)5-7)16-19(17,18)8-2-4-11(13)15-6-8/h1-6,16H. The van der Waals surface area contributed by atoms with Crippen molar-refractivity contribution in [3.05, 3.63) is 52.5 Å². The molecule has 0 aliphatic rings. The van der Waals surface area contributed by atoms with Gasteiger partial charge < -0.3 is 0 Å². The molecular formula is C11H7Cl2FN2O2S. The summed E-state index contributed by atoms with van der Waals surface area (Å²) in [5.74, 6) is -0.766. The van der Waals surface area contributed by atoms with Crippen molar-refractivity contribution in [1.29, 1.82) is 0 Å². The van der Waals surface area contributed by atoms with E-state index >= 15 is 0 Å². The van der Waals surface area contributed by atoms with E-state index in [4.69, 9.17) is 23.2 Å². The number of anilines is 1. The van der Waals surface area contributed by atoms with Crippen LogP contribution in [0.1, 0.15) is 0 Å². The molecule has 0 atom stereocenters. The molecule has 2 rings (SSSR count). The third kappa shape index (κ3) is 3.34. The monoisotopic (exact) mass is 320 g/mol. The zero-order chi connectivity index (χ0) is 14.0. The highest BCUT2D eigenvalue weighted by Gasteiger charge is 2.16. The van der Waals surface area contributed by atoms with Gasteiger partial charge in [-0.1, -0.05) is 23.2 Å². The summed E-state index contributed by atoms with van der Waals surface area (Å²) in [6.07, 6.45) is 1.08. The van der Waals surface area contributed by atoms with Gasteiger partial charge in [0.05, 0.1) is 5.69 Å². The average Bonchev–Trinajstić information content (AvgIpc) is 2.33. The number of sulfonamides is 1. The van der Waals surface area contributed by atoms with Crippen LogP contribution in [0.2, 0.25) is 10.2 Å². The summed E-state index contributed by atoms with van der Waals surface area (Å²) >= 11 is 11.1. The molecule has 1 aromatic carbocycles. The van der Waals surface area contributed by atoms with Gasteiger partial charge in [-0.15, -0.1) is 0 Å². The number of pyridine rings is 1. The van der Waals surface area contributed by atoms with Crippen LogP contribution >= 0.6 is 23.2 Å². The van der Waals surface area contributed by atoms with Crippen LogP contribution in [0, 0.1) is 5.82 Å². The maximum Gasteiger partial charge on any atom is 0.263 e. The molecule has 8 heteroatoms. The van der Waals surface area contributed by atoms with Crippen molar-refractivity contribution in [3.63, 3.8) is 0 Å². The average molecular weight is 321 g/mol. The van der Waals surface area contributed by atoms with Crippen molar-refractivity contribution in [2.24, 2.45) is 0 Å². The molecule has 0 radical (unpaired) electrons. The van der Waals surface area contributed by atoms with E-state index in [1.165, 1.54) is 24.3 Å². The van der Waals surface area contributed by atoms with E-state index in [0.29, 0.717) is 0 Å². The molecule has 0 bridgehead atoms. The molecule has 0 aliphatic carbocycles. The number of aromatic nitrogens is 1. The van der Waals surface area contributed by atoms with E-state index in [2.05, 4.69) is 9.71 Å². The molecule has 0 amide bonds. The van der Waals surface area contributed by atoms with Crippen molar-refractivity contribution in [2.45, 2.75) is 4.90 Å². The number of halogens is 3. The Morgan fingerprint density at radius 3 is 2.47 bits per heavy atom. The molecule has 2 aromatic rings. The maximum absolute atomic E-state index is 13.5. The Kier molecular flexibility index (Phi) is 3.93. The molecule has 0 fully saturated rings. The fourth-order valence-corrected chi connectivity index (χ4v) is 2.58. The van der Waals surface area contributed by atoms with Gasteiger partial charge in [-0.05, 0) is 30.3 Å². The van der Waals surface area contributed by atoms with Crippen molar-refractivity contribution >= 4 is 38.9 Å². The summed E-state index contributed by atoms with van der Waals surface area (Å²) in [6, 6.07) is 6.22. The van der Waals surface area contributed by atoms with E-state index in [0.717, 1.165) is 12.3 Å². The Labute approximate surface area is 119 Å². The van der Waals surface area contributed by atoms with Crippen LogP contribution in [0.4, 0.5) is 10.1 Å². The molecule has 0 spiro atoms. The van der Waals surface area contributed by atoms with E-state index in [9.17, 15) is 12.8 Å². The van der Waals surface area contributed by atoms with Gasteiger partial charge in [0.2, 0.25) is 0 Å². The summed E-state index contributed by atoms with van der Waals surface area (Å²) in [6.45, 7) is 0. The molecule has 0 aliphatic heterocycles. The van der Waals surface area contributed by atoms with Gasteiger partial charge in [-0.25, -0.2) is 17.8 Å². The molecule has 4 nitrogen and oxygen atoms in total. The Morgan fingerprint density at radius 2 is 1.89 bits per heavy atom. The summed E-state index contributed by atoms with van der Waals surface area (Å²) in [7, 11) is -3.92. The second-order valence-corrected chi connectivity index (χ2v) is 6.05. The molecular weight excluding hydrogens is 314 g/mol. The van der Waals surface area contributed by atoms with Crippen LogP contribution in [-0.4, -0.2) is 13.4 Å². The normalized spacial score (nSPS) is 11.3. The summed E-state index contributed by atoms with van der Waals surface area (Å²) < 4.78 is 39.5. The van der Waals surface area contributed by atoms with E-state index in [-0.39, 0.29) is 20.8 Å². The zero-order valence-electron chi connectivity index (χ0n) is 9.27. The Bertz CT molecular complexity index is 705.